The Bertz CT molecular complexity index is 445. The van der Waals surface area contributed by atoms with Crippen LogP contribution in [0.1, 0.15) is 36.5 Å². The predicted molar refractivity (Wildman–Crippen MR) is 79.3 cm³/mol. The van der Waals surface area contributed by atoms with Crippen LogP contribution in [0.2, 0.25) is 0 Å². The second-order valence-electron chi connectivity index (χ2n) is 5.22. The Morgan fingerprint density at radius 2 is 2.20 bits per heavy atom. The molecule has 1 aliphatic heterocycles. The van der Waals surface area contributed by atoms with Crippen molar-refractivity contribution < 1.29 is 4.79 Å². The minimum atomic E-state index is -0.121. The number of nitrogens with one attached hydrogen (secondary N) is 2. The summed E-state index contributed by atoms with van der Waals surface area (Å²) in [7, 11) is 0. The quantitative estimate of drug-likeness (QED) is 0.552. The fraction of sp³-hybridized carbons (Fsp3) is 0.571. The van der Waals surface area contributed by atoms with Gasteiger partial charge in [0, 0.05) is 18.8 Å². The molecule has 1 aromatic heterocycles. The van der Waals surface area contributed by atoms with E-state index in [1.165, 1.54) is 19.3 Å². The van der Waals surface area contributed by atoms with Gasteiger partial charge in [0.15, 0.2) is 0 Å². The van der Waals surface area contributed by atoms with Crippen molar-refractivity contribution in [2.75, 3.05) is 25.1 Å². The van der Waals surface area contributed by atoms with Crippen LogP contribution in [-0.4, -0.2) is 41.5 Å². The molecular weight excluding hydrogens is 254 g/mol. The zero-order valence-electron chi connectivity index (χ0n) is 11.9. The molecule has 1 aliphatic rings. The van der Waals surface area contributed by atoms with Crippen molar-refractivity contribution in [2.45, 2.75) is 32.2 Å². The van der Waals surface area contributed by atoms with E-state index in [1.807, 2.05) is 0 Å². The molecule has 2 heterocycles. The lowest BCUT2D eigenvalue weighted by Crippen LogP contribution is -2.44. The first-order valence-electron chi connectivity index (χ1n) is 7.15. The van der Waals surface area contributed by atoms with Gasteiger partial charge in [-0.2, -0.15) is 0 Å². The number of hydrogen-bond acceptors (Lipinski definition) is 5. The smallest absolute Gasteiger partial charge is 0.253 e. The summed E-state index contributed by atoms with van der Waals surface area (Å²) in [6, 6.07) is 2.02. The molecule has 4 N–H and O–H groups in total. The molecule has 1 amide bonds. The van der Waals surface area contributed by atoms with Gasteiger partial charge in [-0.15, -0.1) is 0 Å². The van der Waals surface area contributed by atoms with Crippen LogP contribution >= 0.6 is 0 Å². The molecule has 1 atom stereocenters. The molecule has 0 aliphatic carbocycles. The zero-order chi connectivity index (χ0) is 14.4. The van der Waals surface area contributed by atoms with Gasteiger partial charge in [-0.25, -0.2) is 0 Å². The molecule has 6 nitrogen and oxygen atoms in total. The van der Waals surface area contributed by atoms with E-state index in [4.69, 9.17) is 5.84 Å². The van der Waals surface area contributed by atoms with Crippen LogP contribution in [0.5, 0.6) is 0 Å². The molecule has 0 spiro atoms. The fourth-order valence-electron chi connectivity index (χ4n) is 2.53. The lowest BCUT2D eigenvalue weighted by atomic mass is 10.1. The van der Waals surface area contributed by atoms with Gasteiger partial charge in [0.1, 0.15) is 0 Å². The molecule has 0 aromatic carbocycles. The van der Waals surface area contributed by atoms with Crippen LogP contribution in [0.3, 0.4) is 0 Å². The highest BCUT2D eigenvalue weighted by molar-refractivity contribution is 5.99. The Hall–Kier alpha value is -1.66. The molecule has 1 aromatic rings. The normalized spacial score (nSPS) is 17.5. The highest BCUT2D eigenvalue weighted by Gasteiger charge is 2.18. The van der Waals surface area contributed by atoms with E-state index in [1.54, 1.807) is 18.5 Å². The third-order valence-electron chi connectivity index (χ3n) is 3.79. The number of carbonyl (C=O) groups is 1. The molecular formula is C14H23N5O. The molecule has 110 valence electrons. The largest absolute Gasteiger partial charge is 0.350 e. The topological polar surface area (TPSA) is 83.3 Å². The number of likely N-dealkylation sites (tertiary alicyclic amines) is 1. The van der Waals surface area contributed by atoms with Gasteiger partial charge in [-0.1, -0.05) is 6.42 Å². The predicted octanol–water partition coefficient (Wildman–Crippen LogP) is 0.971. The highest BCUT2D eigenvalue weighted by Crippen LogP contribution is 2.13. The maximum Gasteiger partial charge on any atom is 0.253 e. The standard InChI is InChI=1S/C14H23N5O/c1-11(19-7-3-2-4-8-19)9-17-14(20)12-5-6-16-10-13(12)18-15/h5-6,10-11,18H,2-4,7-9,15H2,1H3,(H,17,20). The van der Waals surface area contributed by atoms with E-state index in [0.29, 0.717) is 23.8 Å². The summed E-state index contributed by atoms with van der Waals surface area (Å²) in [6.45, 7) is 5.05. The molecule has 1 saturated heterocycles. The Labute approximate surface area is 119 Å². The van der Waals surface area contributed by atoms with E-state index in [2.05, 4.69) is 27.6 Å². The summed E-state index contributed by atoms with van der Waals surface area (Å²) >= 11 is 0. The van der Waals surface area contributed by atoms with E-state index in [0.717, 1.165) is 13.1 Å². The minimum absolute atomic E-state index is 0.121. The second-order valence-corrected chi connectivity index (χ2v) is 5.22. The van der Waals surface area contributed by atoms with Crippen molar-refractivity contribution in [3.63, 3.8) is 0 Å². The second kappa shape index (κ2) is 7.21. The SMILES string of the molecule is CC(CNC(=O)c1ccncc1NN)N1CCCCC1. The maximum absolute atomic E-state index is 12.2. The first kappa shape index (κ1) is 14.7. The van der Waals surface area contributed by atoms with Crippen molar-refractivity contribution in [2.24, 2.45) is 5.84 Å². The van der Waals surface area contributed by atoms with Crippen molar-refractivity contribution in [1.29, 1.82) is 0 Å². The molecule has 6 heteroatoms. The monoisotopic (exact) mass is 277 g/mol. The number of pyridine rings is 1. The molecule has 20 heavy (non-hydrogen) atoms. The van der Waals surface area contributed by atoms with Crippen LogP contribution in [0.4, 0.5) is 5.69 Å². The van der Waals surface area contributed by atoms with Gasteiger partial charge in [0.05, 0.1) is 17.4 Å². The first-order valence-corrected chi connectivity index (χ1v) is 7.15. The van der Waals surface area contributed by atoms with Crippen molar-refractivity contribution in [3.05, 3.63) is 24.0 Å². The molecule has 0 saturated carbocycles. The lowest BCUT2D eigenvalue weighted by molar-refractivity contribution is 0.0930. The van der Waals surface area contributed by atoms with Crippen LogP contribution in [0.25, 0.3) is 0 Å². The number of rotatable bonds is 5. The summed E-state index contributed by atoms with van der Waals surface area (Å²) in [6.07, 6.45) is 6.96. The van der Waals surface area contributed by atoms with Gasteiger partial charge in [-0.3, -0.25) is 20.5 Å². The Morgan fingerprint density at radius 1 is 1.45 bits per heavy atom. The number of nitrogens with zero attached hydrogens (tertiary/aromatic N) is 2. The van der Waals surface area contributed by atoms with E-state index in [-0.39, 0.29) is 5.91 Å². The van der Waals surface area contributed by atoms with Crippen molar-refractivity contribution in [1.82, 2.24) is 15.2 Å². The van der Waals surface area contributed by atoms with Crippen molar-refractivity contribution >= 4 is 11.6 Å². The number of carbonyl (C=O) groups excluding carboxylic acids is 1. The number of aromatic nitrogens is 1. The third kappa shape index (κ3) is 3.68. The summed E-state index contributed by atoms with van der Waals surface area (Å²) in [4.78, 5) is 18.5. The number of nitrogens with two attached hydrogens (primary N) is 1. The summed E-state index contributed by atoms with van der Waals surface area (Å²) in [5.74, 6) is 5.26. The number of hydrogen-bond donors (Lipinski definition) is 3. The van der Waals surface area contributed by atoms with E-state index < -0.39 is 0 Å². The fourth-order valence-corrected chi connectivity index (χ4v) is 2.53. The maximum atomic E-state index is 12.2. The highest BCUT2D eigenvalue weighted by atomic mass is 16.1. The van der Waals surface area contributed by atoms with Crippen LogP contribution < -0.4 is 16.6 Å². The van der Waals surface area contributed by atoms with Crippen LogP contribution in [0, 0.1) is 0 Å². The number of amides is 1. The summed E-state index contributed by atoms with van der Waals surface area (Å²) in [5, 5.41) is 2.97. The zero-order valence-corrected chi connectivity index (χ0v) is 11.9. The minimum Gasteiger partial charge on any atom is -0.350 e. The third-order valence-corrected chi connectivity index (χ3v) is 3.79. The Kier molecular flexibility index (Phi) is 5.31. The van der Waals surface area contributed by atoms with E-state index >= 15 is 0 Å². The molecule has 0 radical (unpaired) electrons. The lowest BCUT2D eigenvalue weighted by Gasteiger charge is -2.32. The first-order chi connectivity index (χ1) is 9.72. The number of hydrazine groups is 1. The van der Waals surface area contributed by atoms with Crippen molar-refractivity contribution in [3.8, 4) is 0 Å². The number of anilines is 1. The average Bonchev–Trinajstić information content (AvgIpc) is 2.53. The van der Waals surface area contributed by atoms with Gasteiger partial charge in [-0.05, 0) is 38.9 Å². The Balaban J connectivity index is 1.88. The van der Waals surface area contributed by atoms with Gasteiger partial charge < -0.3 is 10.7 Å². The molecule has 2 rings (SSSR count). The van der Waals surface area contributed by atoms with E-state index in [9.17, 15) is 4.79 Å². The van der Waals surface area contributed by atoms with Gasteiger partial charge >= 0.3 is 0 Å². The van der Waals surface area contributed by atoms with Gasteiger partial charge in [0.2, 0.25) is 0 Å². The van der Waals surface area contributed by atoms with Gasteiger partial charge in [0.25, 0.3) is 5.91 Å². The molecule has 1 unspecified atom stereocenters. The average molecular weight is 277 g/mol. The Morgan fingerprint density at radius 3 is 2.90 bits per heavy atom. The number of nitrogen functional groups attached to an aromatic ring is 1. The van der Waals surface area contributed by atoms with Crippen LogP contribution in [-0.2, 0) is 0 Å². The molecule has 1 fully saturated rings. The summed E-state index contributed by atoms with van der Waals surface area (Å²) in [5.41, 5.74) is 3.55. The number of piperidine rings is 1. The van der Waals surface area contributed by atoms with Crippen LogP contribution in [0.15, 0.2) is 18.5 Å². The summed E-state index contributed by atoms with van der Waals surface area (Å²) < 4.78 is 0. The molecule has 0 bridgehead atoms.